The topological polar surface area (TPSA) is 79.9 Å². The number of hydrogen-bond donors (Lipinski definition) is 2. The van der Waals surface area contributed by atoms with Crippen molar-refractivity contribution in [2.24, 2.45) is 0 Å². The third-order valence-electron chi connectivity index (χ3n) is 4.80. The SMILES string of the molecule is O=C(CC1Oc2ccccc2NC1=O)Nc1cccc(CN2CCOCC2)c1. The molecule has 0 aliphatic carbocycles. The average Bonchev–Trinajstić information content (AvgIpc) is 2.69. The Morgan fingerprint density at radius 3 is 2.82 bits per heavy atom. The second kappa shape index (κ2) is 8.41. The number of rotatable bonds is 5. The minimum absolute atomic E-state index is 0.0478. The number of nitrogens with zero attached hydrogens (tertiary/aromatic N) is 1. The van der Waals surface area contributed by atoms with E-state index in [2.05, 4.69) is 15.5 Å². The average molecular weight is 381 g/mol. The van der Waals surface area contributed by atoms with Crippen molar-refractivity contribution in [2.45, 2.75) is 19.1 Å². The summed E-state index contributed by atoms with van der Waals surface area (Å²) >= 11 is 0. The fraction of sp³-hybridized carbons (Fsp3) is 0.333. The number of carbonyl (C=O) groups is 2. The van der Waals surface area contributed by atoms with E-state index in [0.29, 0.717) is 17.1 Å². The minimum atomic E-state index is -0.841. The summed E-state index contributed by atoms with van der Waals surface area (Å²) < 4.78 is 11.1. The van der Waals surface area contributed by atoms with Crippen molar-refractivity contribution in [3.8, 4) is 5.75 Å². The molecule has 2 amide bonds. The van der Waals surface area contributed by atoms with Crippen LogP contribution < -0.4 is 15.4 Å². The van der Waals surface area contributed by atoms with Crippen molar-refractivity contribution in [1.82, 2.24) is 4.90 Å². The highest BCUT2D eigenvalue weighted by molar-refractivity contribution is 6.01. The van der Waals surface area contributed by atoms with E-state index in [4.69, 9.17) is 9.47 Å². The largest absolute Gasteiger partial charge is 0.478 e. The van der Waals surface area contributed by atoms with E-state index in [-0.39, 0.29) is 18.2 Å². The molecule has 4 rings (SSSR count). The zero-order valence-electron chi connectivity index (χ0n) is 15.5. The zero-order valence-corrected chi connectivity index (χ0v) is 15.5. The highest BCUT2D eigenvalue weighted by Crippen LogP contribution is 2.29. The Morgan fingerprint density at radius 2 is 1.96 bits per heavy atom. The van der Waals surface area contributed by atoms with Crippen LogP contribution in [0.4, 0.5) is 11.4 Å². The van der Waals surface area contributed by atoms with Gasteiger partial charge in [0.05, 0.1) is 25.3 Å². The molecular weight excluding hydrogens is 358 g/mol. The first kappa shape index (κ1) is 18.5. The lowest BCUT2D eigenvalue weighted by Crippen LogP contribution is -2.39. The van der Waals surface area contributed by atoms with Crippen molar-refractivity contribution in [1.29, 1.82) is 0 Å². The second-order valence-electron chi connectivity index (χ2n) is 6.93. The van der Waals surface area contributed by atoms with Gasteiger partial charge >= 0.3 is 0 Å². The Balaban J connectivity index is 1.35. The number of ether oxygens (including phenoxy) is 2. The Kier molecular flexibility index (Phi) is 5.55. The van der Waals surface area contributed by atoms with Crippen LogP contribution in [-0.4, -0.2) is 49.1 Å². The van der Waals surface area contributed by atoms with Gasteiger partial charge in [-0.2, -0.15) is 0 Å². The molecule has 0 saturated carbocycles. The van der Waals surface area contributed by atoms with Crippen molar-refractivity contribution >= 4 is 23.2 Å². The second-order valence-corrected chi connectivity index (χ2v) is 6.93. The first-order valence-electron chi connectivity index (χ1n) is 9.43. The van der Waals surface area contributed by atoms with E-state index in [1.807, 2.05) is 36.4 Å². The van der Waals surface area contributed by atoms with Gasteiger partial charge in [-0.25, -0.2) is 0 Å². The molecule has 1 fully saturated rings. The molecule has 7 nitrogen and oxygen atoms in total. The molecule has 28 heavy (non-hydrogen) atoms. The Bertz CT molecular complexity index is 864. The lowest BCUT2D eigenvalue weighted by atomic mass is 10.1. The summed E-state index contributed by atoms with van der Waals surface area (Å²) in [6, 6.07) is 15.0. The minimum Gasteiger partial charge on any atom is -0.478 e. The van der Waals surface area contributed by atoms with Gasteiger partial charge in [0.1, 0.15) is 5.75 Å². The van der Waals surface area contributed by atoms with Crippen molar-refractivity contribution < 1.29 is 19.1 Å². The summed E-state index contributed by atoms with van der Waals surface area (Å²) in [4.78, 5) is 27.0. The van der Waals surface area contributed by atoms with Crippen LogP contribution in [0.1, 0.15) is 12.0 Å². The van der Waals surface area contributed by atoms with E-state index < -0.39 is 6.10 Å². The first-order chi connectivity index (χ1) is 13.7. The van der Waals surface area contributed by atoms with Gasteiger partial charge in [-0.05, 0) is 29.8 Å². The lowest BCUT2D eigenvalue weighted by Gasteiger charge is -2.26. The van der Waals surface area contributed by atoms with Crippen molar-refractivity contribution in [2.75, 3.05) is 36.9 Å². The molecule has 0 spiro atoms. The number of carbonyl (C=O) groups excluding carboxylic acids is 2. The lowest BCUT2D eigenvalue weighted by molar-refractivity contribution is -0.128. The Labute approximate surface area is 163 Å². The van der Waals surface area contributed by atoms with Crippen LogP contribution in [0.3, 0.4) is 0 Å². The van der Waals surface area contributed by atoms with Crippen LogP contribution in [0.2, 0.25) is 0 Å². The van der Waals surface area contributed by atoms with E-state index in [9.17, 15) is 9.59 Å². The van der Waals surface area contributed by atoms with Crippen molar-refractivity contribution in [3.05, 3.63) is 54.1 Å². The van der Waals surface area contributed by atoms with Gasteiger partial charge in [-0.1, -0.05) is 24.3 Å². The molecule has 7 heteroatoms. The first-order valence-corrected chi connectivity index (χ1v) is 9.43. The van der Waals surface area contributed by atoms with Crippen LogP contribution in [0.5, 0.6) is 5.75 Å². The molecule has 2 aromatic rings. The standard InChI is InChI=1S/C21H23N3O4/c25-20(13-19-21(26)23-17-6-1-2-7-18(17)28-19)22-16-5-3-4-15(12-16)14-24-8-10-27-11-9-24/h1-7,12,19H,8-11,13-14H2,(H,22,25)(H,23,26). The third-order valence-corrected chi connectivity index (χ3v) is 4.80. The summed E-state index contributed by atoms with van der Waals surface area (Å²) in [5.41, 5.74) is 2.47. The molecule has 2 aliphatic heterocycles. The van der Waals surface area contributed by atoms with Gasteiger partial charge < -0.3 is 20.1 Å². The number of para-hydroxylation sites is 2. The number of nitrogens with one attached hydrogen (secondary N) is 2. The molecule has 2 N–H and O–H groups in total. The smallest absolute Gasteiger partial charge is 0.266 e. The number of amides is 2. The monoisotopic (exact) mass is 381 g/mol. The molecular formula is C21H23N3O4. The van der Waals surface area contributed by atoms with Gasteiger partial charge in [-0.15, -0.1) is 0 Å². The number of anilines is 2. The summed E-state index contributed by atoms with van der Waals surface area (Å²) in [5.74, 6) is 0.00498. The van der Waals surface area contributed by atoms with Gasteiger partial charge in [0.15, 0.2) is 6.10 Å². The molecule has 1 unspecified atom stereocenters. The van der Waals surface area contributed by atoms with Crippen molar-refractivity contribution in [3.63, 3.8) is 0 Å². The quantitative estimate of drug-likeness (QED) is 0.830. The number of morpholine rings is 1. The number of fused-ring (bicyclic) bond motifs is 1. The summed E-state index contributed by atoms with van der Waals surface area (Å²) in [7, 11) is 0. The highest BCUT2D eigenvalue weighted by atomic mass is 16.5. The van der Waals surface area contributed by atoms with E-state index in [0.717, 1.165) is 38.4 Å². The Hall–Kier alpha value is -2.90. The summed E-state index contributed by atoms with van der Waals surface area (Å²) in [6.07, 6.45) is -0.889. The zero-order chi connectivity index (χ0) is 19.3. The van der Waals surface area contributed by atoms with Gasteiger partial charge in [-0.3, -0.25) is 14.5 Å². The Morgan fingerprint density at radius 1 is 1.14 bits per heavy atom. The molecule has 1 saturated heterocycles. The molecule has 0 aromatic heterocycles. The predicted molar refractivity (Wildman–Crippen MR) is 105 cm³/mol. The molecule has 2 aromatic carbocycles. The van der Waals surface area contributed by atoms with Crippen LogP contribution in [-0.2, 0) is 20.9 Å². The fourth-order valence-electron chi connectivity index (χ4n) is 3.37. The maximum absolute atomic E-state index is 12.4. The normalized spacial score (nSPS) is 19.3. The number of benzene rings is 2. The molecule has 2 heterocycles. The van der Waals surface area contributed by atoms with Gasteiger partial charge in [0, 0.05) is 25.3 Å². The predicted octanol–water partition coefficient (Wildman–Crippen LogP) is 2.25. The third kappa shape index (κ3) is 4.49. The van der Waals surface area contributed by atoms with Gasteiger partial charge in [0.25, 0.3) is 5.91 Å². The van der Waals surface area contributed by atoms with E-state index in [1.54, 1.807) is 12.1 Å². The summed E-state index contributed by atoms with van der Waals surface area (Å²) in [6.45, 7) is 4.14. The van der Waals surface area contributed by atoms with E-state index >= 15 is 0 Å². The molecule has 146 valence electrons. The maximum Gasteiger partial charge on any atom is 0.266 e. The van der Waals surface area contributed by atoms with Crippen LogP contribution in [0, 0.1) is 0 Å². The highest BCUT2D eigenvalue weighted by Gasteiger charge is 2.29. The van der Waals surface area contributed by atoms with Gasteiger partial charge in [0.2, 0.25) is 5.91 Å². The maximum atomic E-state index is 12.4. The fourth-order valence-corrected chi connectivity index (χ4v) is 3.37. The van der Waals surface area contributed by atoms with Crippen LogP contribution >= 0.6 is 0 Å². The van der Waals surface area contributed by atoms with Crippen LogP contribution in [0.15, 0.2) is 48.5 Å². The summed E-state index contributed by atoms with van der Waals surface area (Å²) in [5, 5.41) is 5.64. The molecule has 2 aliphatic rings. The molecule has 1 atom stereocenters. The molecule has 0 radical (unpaired) electrons. The number of hydrogen-bond acceptors (Lipinski definition) is 5. The molecule has 0 bridgehead atoms. The van der Waals surface area contributed by atoms with Crippen LogP contribution in [0.25, 0.3) is 0 Å². The van der Waals surface area contributed by atoms with E-state index in [1.165, 1.54) is 0 Å².